The number of nitriles is 1. The third-order valence-corrected chi connectivity index (χ3v) is 3.90. The van der Waals surface area contributed by atoms with Gasteiger partial charge in [-0.1, -0.05) is 13.3 Å². The quantitative estimate of drug-likeness (QED) is 0.686. The molecule has 0 N–H and O–H groups in total. The molecule has 2 rings (SSSR count). The van der Waals surface area contributed by atoms with E-state index in [0.29, 0.717) is 0 Å². The molecule has 2 nitrogen and oxygen atoms in total. The molecule has 0 spiro atoms. The van der Waals surface area contributed by atoms with Crippen molar-refractivity contribution < 1.29 is 0 Å². The zero-order chi connectivity index (χ0) is 10.0. The topological polar surface area (TPSA) is 27.0 Å². The summed E-state index contributed by atoms with van der Waals surface area (Å²) in [5.74, 6) is 0.948. The molecule has 0 atom stereocenters. The fraction of sp³-hybridized carbons (Fsp3) is 0.917. The Balaban J connectivity index is 1.77. The smallest absolute Gasteiger partial charge is 0.0703 e. The molecule has 2 heteroatoms. The molecule has 78 valence electrons. The molecule has 0 bridgehead atoms. The van der Waals surface area contributed by atoms with Crippen LogP contribution in [-0.2, 0) is 0 Å². The lowest BCUT2D eigenvalue weighted by Crippen LogP contribution is -2.37. The predicted molar refractivity (Wildman–Crippen MR) is 56.7 cm³/mol. The van der Waals surface area contributed by atoms with Gasteiger partial charge in [-0.15, -0.1) is 0 Å². The summed E-state index contributed by atoms with van der Waals surface area (Å²) in [6.45, 7) is 5.78. The van der Waals surface area contributed by atoms with E-state index < -0.39 is 0 Å². The SMILES string of the molecule is CCC1CCN(CC2(C#N)CC2)CC1. The second-order valence-corrected chi connectivity index (χ2v) is 5.02. The molecule has 1 aliphatic heterocycles. The van der Waals surface area contributed by atoms with Crippen molar-refractivity contribution in [3.05, 3.63) is 0 Å². The molecule has 0 aromatic heterocycles. The van der Waals surface area contributed by atoms with Gasteiger partial charge < -0.3 is 4.90 Å². The van der Waals surface area contributed by atoms with Gasteiger partial charge >= 0.3 is 0 Å². The lowest BCUT2D eigenvalue weighted by Gasteiger charge is -2.32. The Morgan fingerprint density at radius 3 is 2.43 bits per heavy atom. The van der Waals surface area contributed by atoms with Gasteiger partial charge in [0.15, 0.2) is 0 Å². The Hall–Kier alpha value is -0.550. The van der Waals surface area contributed by atoms with Gasteiger partial charge in [-0.2, -0.15) is 5.26 Å². The van der Waals surface area contributed by atoms with Crippen LogP contribution in [0.4, 0.5) is 0 Å². The summed E-state index contributed by atoms with van der Waals surface area (Å²) < 4.78 is 0. The Morgan fingerprint density at radius 2 is 2.00 bits per heavy atom. The maximum Gasteiger partial charge on any atom is 0.0703 e. The number of likely N-dealkylation sites (tertiary alicyclic amines) is 1. The molecule has 0 aromatic rings. The summed E-state index contributed by atoms with van der Waals surface area (Å²) in [5, 5.41) is 9.01. The average Bonchev–Trinajstić information content (AvgIpc) is 3.00. The first-order valence-corrected chi connectivity index (χ1v) is 5.91. The van der Waals surface area contributed by atoms with Crippen molar-refractivity contribution in [2.24, 2.45) is 11.3 Å². The van der Waals surface area contributed by atoms with E-state index in [4.69, 9.17) is 5.26 Å². The third-order valence-electron chi connectivity index (χ3n) is 3.90. The van der Waals surface area contributed by atoms with Crippen molar-refractivity contribution in [1.29, 1.82) is 5.26 Å². The zero-order valence-electron chi connectivity index (χ0n) is 9.13. The highest BCUT2D eigenvalue weighted by Gasteiger charge is 2.44. The van der Waals surface area contributed by atoms with Crippen LogP contribution in [0.5, 0.6) is 0 Å². The Labute approximate surface area is 86.9 Å². The fourth-order valence-corrected chi connectivity index (χ4v) is 2.44. The second kappa shape index (κ2) is 3.90. The van der Waals surface area contributed by atoms with Crippen molar-refractivity contribution in [3.63, 3.8) is 0 Å². The summed E-state index contributed by atoms with van der Waals surface area (Å²) in [7, 11) is 0. The molecule has 2 fully saturated rings. The number of hydrogen-bond donors (Lipinski definition) is 0. The van der Waals surface area contributed by atoms with Crippen molar-refractivity contribution in [2.75, 3.05) is 19.6 Å². The van der Waals surface area contributed by atoms with Crippen LogP contribution in [0.15, 0.2) is 0 Å². The van der Waals surface area contributed by atoms with Crippen LogP contribution < -0.4 is 0 Å². The normalized spacial score (nSPS) is 27.1. The molecular weight excluding hydrogens is 172 g/mol. The summed E-state index contributed by atoms with van der Waals surface area (Å²) in [5.41, 5.74) is 0.0685. The molecule has 0 aromatic carbocycles. The summed E-state index contributed by atoms with van der Waals surface area (Å²) in [6.07, 6.45) is 6.29. The lowest BCUT2D eigenvalue weighted by molar-refractivity contribution is 0.164. The van der Waals surface area contributed by atoms with Crippen molar-refractivity contribution in [3.8, 4) is 6.07 Å². The molecule has 0 unspecified atom stereocenters. The maximum absolute atomic E-state index is 9.01. The van der Waals surface area contributed by atoms with E-state index in [-0.39, 0.29) is 5.41 Å². The second-order valence-electron chi connectivity index (χ2n) is 5.02. The monoisotopic (exact) mass is 192 g/mol. The molecule has 0 radical (unpaired) electrons. The first-order valence-electron chi connectivity index (χ1n) is 5.91. The van der Waals surface area contributed by atoms with E-state index in [1.807, 2.05) is 0 Å². The highest BCUT2D eigenvalue weighted by molar-refractivity contribution is 5.11. The van der Waals surface area contributed by atoms with E-state index in [9.17, 15) is 0 Å². The summed E-state index contributed by atoms with van der Waals surface area (Å²) >= 11 is 0. The Morgan fingerprint density at radius 1 is 1.36 bits per heavy atom. The lowest BCUT2D eigenvalue weighted by atomic mass is 9.93. The minimum atomic E-state index is 0.0685. The number of piperidine rings is 1. The van der Waals surface area contributed by atoms with Crippen LogP contribution in [0.25, 0.3) is 0 Å². The standard InChI is InChI=1S/C12H20N2/c1-2-11-3-7-14(8-4-11)10-12(9-13)5-6-12/h11H,2-8,10H2,1H3. The van der Waals surface area contributed by atoms with Gasteiger partial charge in [0.1, 0.15) is 0 Å². The average molecular weight is 192 g/mol. The van der Waals surface area contributed by atoms with Gasteiger partial charge in [0.05, 0.1) is 11.5 Å². The van der Waals surface area contributed by atoms with Crippen LogP contribution in [0.2, 0.25) is 0 Å². The van der Waals surface area contributed by atoms with Crippen LogP contribution in [0.1, 0.15) is 39.0 Å². The number of rotatable bonds is 3. The molecule has 2 aliphatic rings. The van der Waals surface area contributed by atoms with Crippen molar-refractivity contribution in [2.45, 2.75) is 39.0 Å². The summed E-state index contributed by atoms with van der Waals surface area (Å²) in [4.78, 5) is 2.50. The highest BCUT2D eigenvalue weighted by atomic mass is 15.1. The van der Waals surface area contributed by atoms with E-state index in [1.165, 1.54) is 32.4 Å². The fourth-order valence-electron chi connectivity index (χ4n) is 2.44. The first-order chi connectivity index (χ1) is 6.78. The highest BCUT2D eigenvalue weighted by Crippen LogP contribution is 2.45. The van der Waals surface area contributed by atoms with Gasteiger partial charge in [-0.25, -0.2) is 0 Å². The van der Waals surface area contributed by atoms with Gasteiger partial charge in [-0.05, 0) is 44.7 Å². The van der Waals surface area contributed by atoms with E-state index in [1.54, 1.807) is 0 Å². The third kappa shape index (κ3) is 2.09. The van der Waals surface area contributed by atoms with Crippen molar-refractivity contribution in [1.82, 2.24) is 4.90 Å². The molecule has 0 amide bonds. The van der Waals surface area contributed by atoms with Gasteiger partial charge in [-0.3, -0.25) is 0 Å². The van der Waals surface area contributed by atoms with Crippen LogP contribution in [0, 0.1) is 22.7 Å². The predicted octanol–water partition coefficient (Wildman–Crippen LogP) is 2.41. The zero-order valence-corrected chi connectivity index (χ0v) is 9.13. The van der Waals surface area contributed by atoms with Crippen LogP contribution in [-0.4, -0.2) is 24.5 Å². The molecular formula is C12H20N2. The van der Waals surface area contributed by atoms with Crippen LogP contribution in [0.3, 0.4) is 0 Å². The van der Waals surface area contributed by atoms with Gasteiger partial charge in [0, 0.05) is 6.54 Å². The van der Waals surface area contributed by atoms with E-state index >= 15 is 0 Å². The maximum atomic E-state index is 9.01. The molecule has 1 saturated carbocycles. The van der Waals surface area contributed by atoms with Crippen molar-refractivity contribution >= 4 is 0 Å². The molecule has 1 saturated heterocycles. The number of nitrogens with zero attached hydrogens (tertiary/aromatic N) is 2. The minimum absolute atomic E-state index is 0.0685. The van der Waals surface area contributed by atoms with E-state index in [2.05, 4.69) is 17.9 Å². The molecule has 14 heavy (non-hydrogen) atoms. The molecule has 1 heterocycles. The van der Waals surface area contributed by atoms with Gasteiger partial charge in [0.2, 0.25) is 0 Å². The molecule has 1 aliphatic carbocycles. The summed E-state index contributed by atoms with van der Waals surface area (Å²) in [6, 6.07) is 2.48. The first kappa shape index (κ1) is 9.98. The number of hydrogen-bond acceptors (Lipinski definition) is 2. The Kier molecular flexibility index (Phi) is 2.78. The largest absolute Gasteiger partial charge is 0.302 e. The Bertz CT molecular complexity index is 229. The minimum Gasteiger partial charge on any atom is -0.302 e. The van der Waals surface area contributed by atoms with E-state index in [0.717, 1.165) is 25.3 Å². The van der Waals surface area contributed by atoms with Gasteiger partial charge in [0.25, 0.3) is 0 Å². The van der Waals surface area contributed by atoms with Crippen LogP contribution >= 0.6 is 0 Å².